The van der Waals surface area contributed by atoms with Crippen molar-refractivity contribution in [3.63, 3.8) is 0 Å². The third-order valence-corrected chi connectivity index (χ3v) is 5.99. The van der Waals surface area contributed by atoms with Crippen LogP contribution >= 0.6 is 23.5 Å². The van der Waals surface area contributed by atoms with Crippen molar-refractivity contribution in [3.05, 3.63) is 30.1 Å². The van der Waals surface area contributed by atoms with Crippen LogP contribution in [0.4, 0.5) is 4.39 Å². The predicted molar refractivity (Wildman–Crippen MR) is 103 cm³/mol. The number of guanidine groups is 1. The summed E-state index contributed by atoms with van der Waals surface area (Å²) in [6.07, 6.45) is 1.79. The van der Waals surface area contributed by atoms with E-state index in [4.69, 9.17) is 0 Å². The minimum absolute atomic E-state index is 0.199. The van der Waals surface area contributed by atoms with Crippen molar-refractivity contribution < 1.29 is 9.50 Å². The zero-order chi connectivity index (χ0) is 17.3. The summed E-state index contributed by atoms with van der Waals surface area (Å²) in [5, 5.41) is 16.9. The lowest BCUT2D eigenvalue weighted by Gasteiger charge is -2.19. The second-order valence-electron chi connectivity index (χ2n) is 5.80. The van der Waals surface area contributed by atoms with Crippen LogP contribution in [0.15, 0.2) is 34.2 Å². The van der Waals surface area contributed by atoms with Gasteiger partial charge in [-0.1, -0.05) is 0 Å². The molecule has 2 rings (SSSR count). The monoisotopic (exact) mass is 371 g/mol. The van der Waals surface area contributed by atoms with E-state index in [1.54, 1.807) is 35.7 Å². The Morgan fingerprint density at radius 3 is 2.83 bits per heavy atom. The van der Waals surface area contributed by atoms with Gasteiger partial charge in [0.1, 0.15) is 5.82 Å². The molecule has 7 heteroatoms. The van der Waals surface area contributed by atoms with Crippen molar-refractivity contribution in [2.24, 2.45) is 4.99 Å². The molecule has 1 unspecified atom stereocenters. The van der Waals surface area contributed by atoms with E-state index in [0.29, 0.717) is 6.54 Å². The number of hydrogen-bond acceptors (Lipinski definition) is 4. The first-order chi connectivity index (χ1) is 11.6. The van der Waals surface area contributed by atoms with Crippen molar-refractivity contribution in [2.75, 3.05) is 36.9 Å². The van der Waals surface area contributed by atoms with Crippen LogP contribution in [0, 0.1) is 5.82 Å². The number of rotatable bonds is 8. The maximum atomic E-state index is 12.8. The zero-order valence-corrected chi connectivity index (χ0v) is 15.7. The predicted octanol–water partition coefficient (Wildman–Crippen LogP) is 2.73. The quantitative estimate of drug-likeness (QED) is 0.284. The molecule has 1 saturated heterocycles. The molecule has 1 aliphatic heterocycles. The van der Waals surface area contributed by atoms with Crippen molar-refractivity contribution in [2.45, 2.75) is 30.3 Å². The van der Waals surface area contributed by atoms with Crippen molar-refractivity contribution in [1.82, 2.24) is 10.6 Å². The average molecular weight is 372 g/mol. The molecule has 0 aliphatic carbocycles. The number of thioether (sulfide) groups is 2. The Bertz CT molecular complexity index is 519. The molecule has 3 N–H and O–H groups in total. The second kappa shape index (κ2) is 10.2. The van der Waals surface area contributed by atoms with Gasteiger partial charge in [0.05, 0.1) is 12.1 Å². The highest BCUT2D eigenvalue weighted by Crippen LogP contribution is 2.27. The Hall–Kier alpha value is -0.920. The molecule has 1 fully saturated rings. The molecule has 0 radical (unpaired) electrons. The Morgan fingerprint density at radius 1 is 1.38 bits per heavy atom. The highest BCUT2D eigenvalue weighted by molar-refractivity contribution is 7.99. The van der Waals surface area contributed by atoms with Crippen LogP contribution in [-0.4, -0.2) is 53.6 Å². The van der Waals surface area contributed by atoms with Gasteiger partial charge in [-0.25, -0.2) is 4.39 Å². The smallest absolute Gasteiger partial charge is 0.191 e. The minimum atomic E-state index is -0.647. The van der Waals surface area contributed by atoms with E-state index in [-0.39, 0.29) is 5.82 Å². The van der Waals surface area contributed by atoms with E-state index in [1.807, 2.05) is 6.92 Å². The molecule has 0 aromatic heterocycles. The average Bonchev–Trinajstić information content (AvgIpc) is 3.01. The van der Waals surface area contributed by atoms with Crippen LogP contribution in [0.5, 0.6) is 0 Å². The van der Waals surface area contributed by atoms with Crippen LogP contribution in [0.25, 0.3) is 0 Å². The molecule has 1 aromatic carbocycles. The summed E-state index contributed by atoms with van der Waals surface area (Å²) in [6, 6.07) is 6.59. The number of nitrogens with zero attached hydrogens (tertiary/aromatic N) is 1. The summed E-state index contributed by atoms with van der Waals surface area (Å²) in [4.78, 5) is 5.60. The van der Waals surface area contributed by atoms with Gasteiger partial charge in [-0.3, -0.25) is 4.99 Å². The topological polar surface area (TPSA) is 56.7 Å². The Morgan fingerprint density at radius 2 is 2.17 bits per heavy atom. The van der Waals surface area contributed by atoms with E-state index < -0.39 is 5.60 Å². The number of nitrogens with one attached hydrogen (secondary N) is 2. The van der Waals surface area contributed by atoms with Gasteiger partial charge in [-0.2, -0.15) is 11.8 Å². The molecule has 4 nitrogen and oxygen atoms in total. The van der Waals surface area contributed by atoms with E-state index in [2.05, 4.69) is 15.6 Å². The lowest BCUT2D eigenvalue weighted by Crippen LogP contribution is -2.40. The molecule has 0 spiro atoms. The first-order valence-corrected chi connectivity index (χ1v) is 10.5. The van der Waals surface area contributed by atoms with Gasteiger partial charge in [0.15, 0.2) is 5.96 Å². The van der Waals surface area contributed by atoms with Crippen LogP contribution in [0.1, 0.15) is 19.8 Å². The highest BCUT2D eigenvalue weighted by Gasteiger charge is 2.31. The molecule has 1 heterocycles. The second-order valence-corrected chi connectivity index (χ2v) is 8.08. The number of hydrogen-bond donors (Lipinski definition) is 3. The maximum absolute atomic E-state index is 12.8. The molecule has 0 saturated carbocycles. The third-order valence-electron chi connectivity index (χ3n) is 3.65. The summed E-state index contributed by atoms with van der Waals surface area (Å²) >= 11 is 3.50. The summed E-state index contributed by atoms with van der Waals surface area (Å²) in [7, 11) is 0. The van der Waals surface area contributed by atoms with Crippen molar-refractivity contribution in [3.8, 4) is 0 Å². The summed E-state index contributed by atoms with van der Waals surface area (Å²) in [5.74, 6) is 3.30. The van der Waals surface area contributed by atoms with Gasteiger partial charge < -0.3 is 15.7 Å². The van der Waals surface area contributed by atoms with Gasteiger partial charge in [0.2, 0.25) is 0 Å². The van der Waals surface area contributed by atoms with Gasteiger partial charge in [0.25, 0.3) is 0 Å². The highest BCUT2D eigenvalue weighted by atomic mass is 32.2. The fourth-order valence-electron chi connectivity index (χ4n) is 2.29. The van der Waals surface area contributed by atoms with Crippen molar-refractivity contribution in [1.29, 1.82) is 0 Å². The fourth-order valence-corrected chi connectivity index (χ4v) is 4.43. The maximum Gasteiger partial charge on any atom is 0.191 e. The molecular weight excluding hydrogens is 345 g/mol. The van der Waals surface area contributed by atoms with Crippen LogP contribution < -0.4 is 10.6 Å². The zero-order valence-electron chi connectivity index (χ0n) is 14.1. The standard InChI is InChI=1S/C17H26FN3OS2/c1-2-19-16(21-12-17(22)8-11-23-13-17)20-9-3-10-24-15-6-4-14(18)5-7-15/h4-7,22H,2-3,8-13H2,1H3,(H2,19,20,21). The first-order valence-electron chi connectivity index (χ1n) is 8.32. The number of benzene rings is 1. The van der Waals surface area contributed by atoms with E-state index in [1.165, 1.54) is 12.1 Å². The molecule has 134 valence electrons. The van der Waals surface area contributed by atoms with Crippen LogP contribution in [-0.2, 0) is 0 Å². The van der Waals surface area contributed by atoms with E-state index >= 15 is 0 Å². The molecule has 0 amide bonds. The van der Waals surface area contributed by atoms with Crippen LogP contribution in [0.3, 0.4) is 0 Å². The third kappa shape index (κ3) is 6.91. The largest absolute Gasteiger partial charge is 0.387 e. The van der Waals surface area contributed by atoms with E-state index in [0.717, 1.165) is 54.0 Å². The Labute approximate surface area is 152 Å². The summed E-state index contributed by atoms with van der Waals surface area (Å²) < 4.78 is 12.8. The summed E-state index contributed by atoms with van der Waals surface area (Å²) in [6.45, 7) is 4.08. The number of aliphatic imine (C=N–C) groups is 1. The molecule has 1 aromatic rings. The van der Waals surface area contributed by atoms with Crippen molar-refractivity contribution >= 4 is 29.5 Å². The van der Waals surface area contributed by atoms with Gasteiger partial charge in [-0.15, -0.1) is 11.8 Å². The SMILES string of the molecule is CCNC(=NCC1(O)CCSC1)NCCCSc1ccc(F)cc1. The lowest BCUT2D eigenvalue weighted by molar-refractivity contribution is 0.0778. The molecule has 1 aliphatic rings. The molecule has 24 heavy (non-hydrogen) atoms. The Kier molecular flexibility index (Phi) is 8.21. The normalized spacial score (nSPS) is 21.0. The van der Waals surface area contributed by atoms with Gasteiger partial charge in [-0.05, 0) is 55.5 Å². The Balaban J connectivity index is 1.68. The summed E-state index contributed by atoms with van der Waals surface area (Å²) in [5.41, 5.74) is -0.647. The number of halogens is 1. The molecular formula is C17H26FN3OS2. The molecule has 0 bridgehead atoms. The minimum Gasteiger partial charge on any atom is -0.387 e. The first kappa shape index (κ1) is 19.4. The molecule has 1 atom stereocenters. The number of aliphatic hydroxyl groups is 1. The van der Waals surface area contributed by atoms with Crippen LogP contribution in [0.2, 0.25) is 0 Å². The van der Waals surface area contributed by atoms with E-state index in [9.17, 15) is 9.50 Å². The lowest BCUT2D eigenvalue weighted by atomic mass is 10.1. The van der Waals surface area contributed by atoms with Gasteiger partial charge in [0, 0.05) is 23.7 Å². The fraction of sp³-hybridized carbons (Fsp3) is 0.588. The van der Waals surface area contributed by atoms with Gasteiger partial charge >= 0.3 is 0 Å².